The molecule has 0 bridgehead atoms. The third kappa shape index (κ3) is 3.55. The summed E-state index contributed by atoms with van der Waals surface area (Å²) in [6, 6.07) is 6.67. The normalized spacial score (nSPS) is 11.8. The fraction of sp³-hybridized carbons (Fsp3) is 0.500. The van der Waals surface area contributed by atoms with Crippen LogP contribution in [0.4, 0.5) is 0 Å². The van der Waals surface area contributed by atoms with Gasteiger partial charge in [0, 0.05) is 13.1 Å². The lowest BCUT2D eigenvalue weighted by Gasteiger charge is -2.22. The molecule has 0 unspecified atom stereocenters. The Morgan fingerprint density at radius 1 is 1.37 bits per heavy atom. The average Bonchev–Trinajstić information content (AvgIpc) is 2.35. The first-order chi connectivity index (χ1) is 8.82. The van der Waals surface area contributed by atoms with Crippen LogP contribution in [0, 0.1) is 24.2 Å². The highest BCUT2D eigenvalue weighted by Gasteiger charge is 2.24. The highest BCUT2D eigenvalue weighted by Crippen LogP contribution is 2.20. The van der Waals surface area contributed by atoms with Crippen LogP contribution < -0.4 is 0 Å². The Balaban J connectivity index is 3.19. The smallest absolute Gasteiger partial charge is 0.207 e. The topological polar surface area (TPSA) is 61.2 Å². The van der Waals surface area contributed by atoms with Gasteiger partial charge in [-0.3, -0.25) is 0 Å². The van der Waals surface area contributed by atoms with Crippen LogP contribution in [0.25, 0.3) is 0 Å². The molecule has 19 heavy (non-hydrogen) atoms. The molecule has 0 spiro atoms. The van der Waals surface area contributed by atoms with Crippen LogP contribution in [0.1, 0.15) is 31.9 Å². The lowest BCUT2D eigenvalue weighted by molar-refractivity contribution is 0.381. The van der Waals surface area contributed by atoms with Gasteiger partial charge in [0.15, 0.2) is 0 Å². The summed E-state index contributed by atoms with van der Waals surface area (Å²) < 4.78 is 26.5. The summed E-state index contributed by atoms with van der Waals surface area (Å²) in [4.78, 5) is 0.256. The Morgan fingerprint density at radius 2 is 2.00 bits per heavy atom. The highest BCUT2D eigenvalue weighted by atomic mass is 32.2. The minimum atomic E-state index is -3.47. The van der Waals surface area contributed by atoms with E-state index in [4.69, 9.17) is 5.26 Å². The Bertz CT molecular complexity index is 586. The van der Waals surface area contributed by atoms with Crippen molar-refractivity contribution in [3.8, 4) is 6.07 Å². The summed E-state index contributed by atoms with van der Waals surface area (Å²) in [5, 5.41) is 8.88. The van der Waals surface area contributed by atoms with Crippen molar-refractivity contribution in [2.75, 3.05) is 13.1 Å². The van der Waals surface area contributed by atoms with E-state index in [2.05, 4.69) is 0 Å². The zero-order valence-corrected chi connectivity index (χ0v) is 12.7. The van der Waals surface area contributed by atoms with Gasteiger partial charge in [0.2, 0.25) is 10.0 Å². The van der Waals surface area contributed by atoms with E-state index in [1.165, 1.54) is 10.4 Å². The van der Waals surface area contributed by atoms with Crippen molar-refractivity contribution in [3.05, 3.63) is 29.3 Å². The predicted molar refractivity (Wildman–Crippen MR) is 75.2 cm³/mol. The fourth-order valence-electron chi connectivity index (χ4n) is 1.88. The van der Waals surface area contributed by atoms with Gasteiger partial charge in [-0.15, -0.1) is 0 Å². The summed E-state index contributed by atoms with van der Waals surface area (Å²) in [7, 11) is -3.47. The van der Waals surface area contributed by atoms with Crippen molar-refractivity contribution in [3.63, 3.8) is 0 Å². The summed E-state index contributed by atoms with van der Waals surface area (Å²) >= 11 is 0. The van der Waals surface area contributed by atoms with Crippen molar-refractivity contribution in [1.29, 1.82) is 5.26 Å². The van der Waals surface area contributed by atoms with Crippen LogP contribution >= 0.6 is 0 Å². The van der Waals surface area contributed by atoms with Gasteiger partial charge in [0.1, 0.15) is 0 Å². The third-order valence-corrected chi connectivity index (χ3v) is 4.81. The zero-order chi connectivity index (χ0) is 14.6. The van der Waals surface area contributed by atoms with Gasteiger partial charge in [-0.2, -0.15) is 9.57 Å². The second-order valence-corrected chi connectivity index (χ2v) is 6.88. The second kappa shape index (κ2) is 6.18. The SMILES string of the molecule is CCN(CC(C)C)S(=O)(=O)c1ccc(C#N)c(C)c1. The largest absolute Gasteiger partial charge is 0.243 e. The Morgan fingerprint density at radius 3 is 2.42 bits per heavy atom. The molecule has 0 aliphatic carbocycles. The van der Waals surface area contributed by atoms with E-state index < -0.39 is 10.0 Å². The van der Waals surface area contributed by atoms with E-state index in [1.54, 1.807) is 19.1 Å². The molecule has 0 radical (unpaired) electrons. The van der Waals surface area contributed by atoms with Crippen molar-refractivity contribution >= 4 is 10.0 Å². The molecule has 1 aromatic rings. The van der Waals surface area contributed by atoms with Crippen molar-refractivity contribution in [1.82, 2.24) is 4.31 Å². The number of sulfonamides is 1. The number of aryl methyl sites for hydroxylation is 1. The molecule has 4 nitrogen and oxygen atoms in total. The average molecular weight is 280 g/mol. The van der Waals surface area contributed by atoms with Crippen LogP contribution in [0.15, 0.2) is 23.1 Å². The molecule has 0 aliphatic heterocycles. The van der Waals surface area contributed by atoms with Gasteiger partial charge in [0.25, 0.3) is 0 Å². The Kier molecular flexibility index (Phi) is 5.10. The molecule has 0 aromatic heterocycles. The van der Waals surface area contributed by atoms with Gasteiger partial charge in [-0.1, -0.05) is 20.8 Å². The van der Waals surface area contributed by atoms with Gasteiger partial charge in [0.05, 0.1) is 16.5 Å². The molecule has 0 heterocycles. The number of hydrogen-bond acceptors (Lipinski definition) is 3. The maximum atomic E-state index is 12.5. The molecule has 5 heteroatoms. The molecular formula is C14H20N2O2S. The van der Waals surface area contributed by atoms with Crippen LogP contribution in [0.2, 0.25) is 0 Å². The first-order valence-corrected chi connectivity index (χ1v) is 7.77. The van der Waals surface area contributed by atoms with Crippen LogP contribution in [-0.4, -0.2) is 25.8 Å². The van der Waals surface area contributed by atoms with Crippen LogP contribution in [0.3, 0.4) is 0 Å². The van der Waals surface area contributed by atoms with Crippen molar-refractivity contribution < 1.29 is 8.42 Å². The number of hydrogen-bond donors (Lipinski definition) is 0. The van der Waals surface area contributed by atoms with E-state index in [9.17, 15) is 8.42 Å². The number of rotatable bonds is 5. The quantitative estimate of drug-likeness (QED) is 0.832. The first kappa shape index (κ1) is 15.7. The Hall–Kier alpha value is -1.38. The minimum Gasteiger partial charge on any atom is -0.207 e. The summed E-state index contributed by atoms with van der Waals surface area (Å²) in [5.74, 6) is 0.272. The molecule has 0 saturated heterocycles. The lowest BCUT2D eigenvalue weighted by atomic mass is 10.1. The monoisotopic (exact) mass is 280 g/mol. The number of nitriles is 1. The molecule has 1 aromatic carbocycles. The van der Waals surface area contributed by atoms with Gasteiger partial charge in [-0.25, -0.2) is 8.42 Å². The first-order valence-electron chi connectivity index (χ1n) is 6.33. The maximum Gasteiger partial charge on any atom is 0.243 e. The van der Waals surface area contributed by atoms with Crippen molar-refractivity contribution in [2.24, 2.45) is 5.92 Å². The summed E-state index contributed by atoms with van der Waals surface area (Å²) in [6.45, 7) is 8.49. The van der Waals surface area contributed by atoms with E-state index in [0.29, 0.717) is 24.2 Å². The number of benzene rings is 1. The van der Waals surface area contributed by atoms with Crippen LogP contribution in [-0.2, 0) is 10.0 Å². The standard InChI is InChI=1S/C14H20N2O2S/c1-5-16(10-11(2)3)19(17,18)14-7-6-13(9-15)12(4)8-14/h6-8,11H,5,10H2,1-4H3. The Labute approximate surface area is 115 Å². The third-order valence-electron chi connectivity index (χ3n) is 2.88. The molecule has 0 fully saturated rings. The number of nitrogens with zero attached hydrogens (tertiary/aromatic N) is 2. The maximum absolute atomic E-state index is 12.5. The van der Waals surface area contributed by atoms with Crippen LogP contribution in [0.5, 0.6) is 0 Å². The van der Waals surface area contributed by atoms with E-state index in [-0.39, 0.29) is 10.8 Å². The predicted octanol–water partition coefficient (Wildman–Crippen LogP) is 2.53. The minimum absolute atomic E-state index is 0.256. The van der Waals surface area contributed by atoms with E-state index in [1.807, 2.05) is 26.8 Å². The molecular weight excluding hydrogens is 260 g/mol. The van der Waals surface area contributed by atoms with E-state index >= 15 is 0 Å². The van der Waals surface area contributed by atoms with E-state index in [0.717, 1.165) is 0 Å². The zero-order valence-electron chi connectivity index (χ0n) is 11.8. The lowest BCUT2D eigenvalue weighted by Crippen LogP contribution is -2.34. The fourth-order valence-corrected chi connectivity index (χ4v) is 3.57. The second-order valence-electron chi connectivity index (χ2n) is 4.94. The summed E-state index contributed by atoms with van der Waals surface area (Å²) in [5.41, 5.74) is 1.19. The molecule has 0 aliphatic rings. The molecule has 1 rings (SSSR count). The van der Waals surface area contributed by atoms with Crippen molar-refractivity contribution in [2.45, 2.75) is 32.6 Å². The highest BCUT2D eigenvalue weighted by molar-refractivity contribution is 7.89. The molecule has 0 amide bonds. The van der Waals surface area contributed by atoms with Gasteiger partial charge < -0.3 is 0 Å². The molecule has 104 valence electrons. The van der Waals surface area contributed by atoms with Gasteiger partial charge in [-0.05, 0) is 36.6 Å². The molecule has 0 N–H and O–H groups in total. The van der Waals surface area contributed by atoms with Gasteiger partial charge >= 0.3 is 0 Å². The molecule has 0 atom stereocenters. The molecule has 0 saturated carbocycles. The summed E-state index contributed by atoms with van der Waals surface area (Å²) in [6.07, 6.45) is 0.